The van der Waals surface area contributed by atoms with E-state index in [2.05, 4.69) is 21.7 Å². The number of carbonyl (C=O) groups excluding carboxylic acids is 1. The van der Waals surface area contributed by atoms with Crippen LogP contribution in [0.1, 0.15) is 41.3 Å². The number of benzene rings is 1. The summed E-state index contributed by atoms with van der Waals surface area (Å²) in [6.45, 7) is 5.60. The van der Waals surface area contributed by atoms with Gasteiger partial charge in [0.15, 0.2) is 0 Å². The summed E-state index contributed by atoms with van der Waals surface area (Å²) in [5.74, 6) is 0.614. The molecule has 2 aromatic rings. The number of ether oxygens (including phenoxy) is 1. The van der Waals surface area contributed by atoms with Crippen molar-refractivity contribution in [1.29, 1.82) is 5.26 Å². The molecule has 202 valence electrons. The minimum Gasteiger partial charge on any atom is -0.492 e. The lowest BCUT2D eigenvalue weighted by molar-refractivity contribution is 0.0786. The number of hydrogen-bond donors (Lipinski definition) is 3. The Labute approximate surface area is 226 Å². The molecule has 0 saturated carbocycles. The zero-order chi connectivity index (χ0) is 27.6. The second-order valence-electron chi connectivity index (χ2n) is 9.91. The number of aryl methyl sites for hydroxylation is 1. The fourth-order valence-electron chi connectivity index (χ4n) is 5.17. The zero-order valence-corrected chi connectivity index (χ0v) is 22.0. The molecular weight excluding hydrogens is 499 g/mol. The molecular formula is C29H31FN6O3. The van der Waals surface area contributed by atoms with Gasteiger partial charge in [0.2, 0.25) is 0 Å². The molecule has 0 atom stereocenters. The third kappa shape index (κ3) is 5.24. The van der Waals surface area contributed by atoms with Crippen molar-refractivity contribution in [1.82, 2.24) is 20.7 Å². The normalized spacial score (nSPS) is 18.2. The van der Waals surface area contributed by atoms with Crippen molar-refractivity contribution in [2.24, 2.45) is 0 Å². The van der Waals surface area contributed by atoms with Gasteiger partial charge in [0.05, 0.1) is 48.8 Å². The van der Waals surface area contributed by atoms with Crippen LogP contribution in [0.5, 0.6) is 0 Å². The highest BCUT2D eigenvalue weighted by atomic mass is 19.1. The summed E-state index contributed by atoms with van der Waals surface area (Å²) in [5.41, 5.74) is 6.51. The Balaban J connectivity index is 1.30. The maximum Gasteiger partial charge on any atom is 0.252 e. The summed E-state index contributed by atoms with van der Waals surface area (Å²) >= 11 is 0. The summed E-state index contributed by atoms with van der Waals surface area (Å²) < 4.78 is 19.5. The smallest absolute Gasteiger partial charge is 0.252 e. The van der Waals surface area contributed by atoms with Crippen LogP contribution in [0.2, 0.25) is 0 Å². The first-order chi connectivity index (χ1) is 18.9. The minimum atomic E-state index is -0.791. The second-order valence-corrected chi connectivity index (χ2v) is 9.91. The number of hydrogen-bond acceptors (Lipinski definition) is 8. The molecule has 0 unspecified atom stereocenters. The van der Waals surface area contributed by atoms with E-state index < -0.39 is 11.4 Å². The third-order valence-electron chi connectivity index (χ3n) is 7.43. The van der Waals surface area contributed by atoms with E-state index in [1.165, 1.54) is 12.1 Å². The van der Waals surface area contributed by atoms with Crippen LogP contribution in [0.15, 0.2) is 65.8 Å². The van der Waals surface area contributed by atoms with Crippen molar-refractivity contribution >= 4 is 17.3 Å². The number of aliphatic hydroxyl groups is 1. The lowest BCUT2D eigenvalue weighted by Crippen LogP contribution is -2.57. The topological polar surface area (TPSA) is 114 Å². The summed E-state index contributed by atoms with van der Waals surface area (Å²) in [6, 6.07) is 10.3. The van der Waals surface area contributed by atoms with Crippen molar-refractivity contribution in [2.45, 2.75) is 32.2 Å². The van der Waals surface area contributed by atoms with Crippen molar-refractivity contribution in [3.63, 3.8) is 0 Å². The van der Waals surface area contributed by atoms with Gasteiger partial charge in [0.25, 0.3) is 5.91 Å². The summed E-state index contributed by atoms with van der Waals surface area (Å²) in [5, 5.41) is 24.6. The molecule has 0 radical (unpaired) electrons. The molecule has 0 aliphatic carbocycles. The average Bonchev–Trinajstić information content (AvgIpc) is 3.37. The number of hydrazine groups is 1. The molecule has 0 spiro atoms. The molecule has 1 aromatic heterocycles. The first-order valence-corrected chi connectivity index (χ1v) is 13.0. The Morgan fingerprint density at radius 2 is 2.10 bits per heavy atom. The molecule has 0 bridgehead atoms. The number of nitriles is 1. The number of rotatable bonds is 7. The van der Waals surface area contributed by atoms with E-state index in [9.17, 15) is 19.6 Å². The van der Waals surface area contributed by atoms with Gasteiger partial charge in [0.1, 0.15) is 17.4 Å². The number of pyridine rings is 1. The van der Waals surface area contributed by atoms with Crippen molar-refractivity contribution in [3.05, 3.63) is 88.3 Å². The Kier molecular flexibility index (Phi) is 7.37. The number of aromatic nitrogens is 1. The first-order valence-electron chi connectivity index (χ1n) is 13.0. The number of allylic oxidation sites excluding steroid dienone is 2. The van der Waals surface area contributed by atoms with Gasteiger partial charge in [0, 0.05) is 36.0 Å². The van der Waals surface area contributed by atoms with E-state index in [-0.39, 0.29) is 18.1 Å². The molecule has 1 fully saturated rings. The molecule has 5 rings (SSSR count). The maximum absolute atomic E-state index is 13.7. The fraction of sp³-hybridized carbons (Fsp3) is 0.345. The highest BCUT2D eigenvalue weighted by molar-refractivity contribution is 5.96. The molecule has 1 saturated heterocycles. The van der Waals surface area contributed by atoms with E-state index in [0.29, 0.717) is 56.0 Å². The average molecular weight is 531 g/mol. The summed E-state index contributed by atoms with van der Waals surface area (Å²) in [6.07, 6.45) is 6.58. The predicted molar refractivity (Wildman–Crippen MR) is 144 cm³/mol. The largest absolute Gasteiger partial charge is 0.492 e. The third-order valence-corrected chi connectivity index (χ3v) is 7.43. The Morgan fingerprint density at radius 3 is 2.77 bits per heavy atom. The zero-order valence-electron chi connectivity index (χ0n) is 22.0. The van der Waals surface area contributed by atoms with Gasteiger partial charge < -0.3 is 20.1 Å². The van der Waals surface area contributed by atoms with Gasteiger partial charge in [-0.15, -0.1) is 0 Å². The van der Waals surface area contributed by atoms with E-state index >= 15 is 0 Å². The minimum absolute atomic E-state index is 0.210. The molecule has 3 aliphatic heterocycles. The van der Waals surface area contributed by atoms with Crippen molar-refractivity contribution in [3.8, 4) is 6.07 Å². The van der Waals surface area contributed by atoms with Crippen molar-refractivity contribution in [2.75, 3.05) is 37.7 Å². The van der Waals surface area contributed by atoms with E-state index in [1.54, 1.807) is 19.2 Å². The SMILES string of the molecule is CCOC1=CN2NCC(C#N)=C2C(c2ccc(N3CCC(CO)(NC(=O)c4cc(F)ccc4C)CC3)nc2)=C1. The molecule has 1 aromatic carbocycles. The van der Waals surface area contributed by atoms with E-state index in [0.717, 1.165) is 22.7 Å². The van der Waals surface area contributed by atoms with Gasteiger partial charge in [-0.2, -0.15) is 5.26 Å². The standard InChI is InChI=1S/C29H31FN6O3/c1-3-39-23-13-25(27-21(14-31)16-33-36(27)17-23)20-5-7-26(32-15-20)35-10-8-29(18-37,9-11-35)34-28(38)24-12-22(30)6-4-19(24)2/h4-7,12-13,15,17,33,37H,3,8-11,16,18H2,1-2H3,(H,34,38). The van der Waals surface area contributed by atoms with Crippen LogP contribution >= 0.6 is 0 Å². The number of amides is 1. The van der Waals surface area contributed by atoms with Crippen LogP contribution in [0.4, 0.5) is 10.2 Å². The summed E-state index contributed by atoms with van der Waals surface area (Å²) in [4.78, 5) is 19.7. The quantitative estimate of drug-likeness (QED) is 0.500. The van der Waals surface area contributed by atoms with E-state index in [4.69, 9.17) is 9.72 Å². The molecule has 39 heavy (non-hydrogen) atoms. The number of nitrogens with one attached hydrogen (secondary N) is 2. The Morgan fingerprint density at radius 1 is 1.31 bits per heavy atom. The predicted octanol–water partition coefficient (Wildman–Crippen LogP) is 3.16. The lowest BCUT2D eigenvalue weighted by atomic mass is 9.87. The van der Waals surface area contributed by atoms with E-state index in [1.807, 2.05) is 36.3 Å². The Hall–Kier alpha value is -4.20. The number of nitrogens with zero attached hydrogens (tertiary/aromatic N) is 4. The molecule has 10 heteroatoms. The molecule has 3 aliphatic rings. The van der Waals surface area contributed by atoms with Crippen LogP contribution in [0.25, 0.3) is 5.57 Å². The van der Waals surface area contributed by atoms with Gasteiger partial charge in [-0.25, -0.2) is 14.8 Å². The monoisotopic (exact) mass is 530 g/mol. The van der Waals surface area contributed by atoms with Crippen molar-refractivity contribution < 1.29 is 19.0 Å². The van der Waals surface area contributed by atoms with Crippen LogP contribution in [-0.4, -0.2) is 59.4 Å². The number of aliphatic hydroxyl groups excluding tert-OH is 1. The molecule has 9 nitrogen and oxygen atoms in total. The maximum atomic E-state index is 13.7. The second kappa shape index (κ2) is 10.9. The van der Waals surface area contributed by atoms with Crippen LogP contribution in [-0.2, 0) is 4.74 Å². The van der Waals surface area contributed by atoms with Crippen LogP contribution in [0.3, 0.4) is 0 Å². The number of fused-ring (bicyclic) bond motifs is 1. The van der Waals surface area contributed by atoms with Crippen LogP contribution in [0, 0.1) is 24.1 Å². The number of anilines is 1. The number of halogens is 1. The lowest BCUT2D eigenvalue weighted by Gasteiger charge is -2.41. The fourth-order valence-corrected chi connectivity index (χ4v) is 5.17. The molecule has 4 heterocycles. The highest BCUT2D eigenvalue weighted by Crippen LogP contribution is 2.36. The first kappa shape index (κ1) is 26.4. The van der Waals surface area contributed by atoms with Gasteiger partial charge >= 0.3 is 0 Å². The number of carbonyl (C=O) groups is 1. The molecule has 1 amide bonds. The van der Waals surface area contributed by atoms with Gasteiger partial charge in [-0.3, -0.25) is 9.80 Å². The van der Waals surface area contributed by atoms with Gasteiger partial charge in [-0.05, 0) is 62.6 Å². The number of piperidine rings is 1. The van der Waals surface area contributed by atoms with Gasteiger partial charge in [-0.1, -0.05) is 6.07 Å². The highest BCUT2D eigenvalue weighted by Gasteiger charge is 2.36. The van der Waals surface area contributed by atoms with Crippen LogP contribution < -0.4 is 15.6 Å². The Bertz CT molecular complexity index is 1400. The summed E-state index contributed by atoms with van der Waals surface area (Å²) in [7, 11) is 0. The molecule has 3 N–H and O–H groups in total.